The largest absolute Gasteiger partial charge is 0.370 e. The molecule has 0 amide bonds. The maximum absolute atomic E-state index is 5.84. The van der Waals surface area contributed by atoms with E-state index in [0.717, 1.165) is 13.0 Å². The van der Waals surface area contributed by atoms with Crippen molar-refractivity contribution in [1.82, 2.24) is 4.90 Å². The molecule has 0 aliphatic carbocycles. The van der Waals surface area contributed by atoms with Gasteiger partial charge >= 0.3 is 0 Å². The molecule has 0 radical (unpaired) electrons. The first-order valence-electron chi connectivity index (χ1n) is 4.79. The highest BCUT2D eigenvalue weighted by Gasteiger charge is 2.25. The summed E-state index contributed by atoms with van der Waals surface area (Å²) in [4.78, 5) is 7.70. The van der Waals surface area contributed by atoms with Crippen LogP contribution in [0, 0.1) is 0 Å². The maximum atomic E-state index is 5.84. The average molecular weight is 209 g/mol. The summed E-state index contributed by atoms with van der Waals surface area (Å²) in [6, 6.07) is 2.56. The Morgan fingerprint density at radius 1 is 1.71 bits per heavy atom. The van der Waals surface area contributed by atoms with Crippen LogP contribution in [0.2, 0.25) is 0 Å². The van der Waals surface area contributed by atoms with E-state index in [1.54, 1.807) is 7.05 Å². The highest BCUT2D eigenvalue weighted by Crippen LogP contribution is 2.32. The van der Waals surface area contributed by atoms with Crippen LogP contribution in [-0.2, 0) is 6.42 Å². The van der Waals surface area contributed by atoms with Gasteiger partial charge in [-0.3, -0.25) is 4.99 Å². The van der Waals surface area contributed by atoms with E-state index in [9.17, 15) is 0 Å². The van der Waals surface area contributed by atoms with Crippen molar-refractivity contribution in [1.29, 1.82) is 0 Å². The third kappa shape index (κ3) is 1.39. The van der Waals surface area contributed by atoms with E-state index in [1.807, 2.05) is 11.3 Å². The lowest BCUT2D eigenvalue weighted by Gasteiger charge is -2.34. The summed E-state index contributed by atoms with van der Waals surface area (Å²) in [5.74, 6) is 0.648. The molecule has 0 bridgehead atoms. The molecule has 1 aromatic rings. The molecule has 3 nitrogen and oxygen atoms in total. The van der Waals surface area contributed by atoms with Crippen LogP contribution in [0.15, 0.2) is 16.4 Å². The van der Waals surface area contributed by atoms with Gasteiger partial charge in [-0.05, 0) is 30.4 Å². The standard InChI is InChI=1S/C10H15N3S/c1-7-8-4-6-14-9(8)3-5-13(7)10(11)12-2/h4,6-7H,3,5H2,1-2H3,(H2,11,12). The predicted molar refractivity (Wildman–Crippen MR) is 60.7 cm³/mol. The summed E-state index contributed by atoms with van der Waals surface area (Å²) in [6.07, 6.45) is 1.09. The smallest absolute Gasteiger partial charge is 0.191 e. The first-order valence-corrected chi connectivity index (χ1v) is 5.67. The molecule has 4 heteroatoms. The number of nitrogens with zero attached hydrogens (tertiary/aromatic N) is 2. The van der Waals surface area contributed by atoms with Crippen molar-refractivity contribution in [3.05, 3.63) is 21.9 Å². The Morgan fingerprint density at radius 2 is 2.50 bits per heavy atom. The van der Waals surface area contributed by atoms with Crippen molar-refractivity contribution >= 4 is 17.3 Å². The lowest BCUT2D eigenvalue weighted by molar-refractivity contribution is 0.318. The van der Waals surface area contributed by atoms with Crippen LogP contribution in [0.5, 0.6) is 0 Å². The van der Waals surface area contributed by atoms with Gasteiger partial charge in [0.15, 0.2) is 5.96 Å². The highest BCUT2D eigenvalue weighted by atomic mass is 32.1. The lowest BCUT2D eigenvalue weighted by Crippen LogP contribution is -2.42. The molecule has 0 saturated carbocycles. The van der Waals surface area contributed by atoms with Gasteiger partial charge in [0.05, 0.1) is 6.04 Å². The van der Waals surface area contributed by atoms with E-state index in [-0.39, 0.29) is 0 Å². The number of fused-ring (bicyclic) bond motifs is 1. The van der Waals surface area contributed by atoms with Crippen molar-refractivity contribution < 1.29 is 0 Å². The summed E-state index contributed by atoms with van der Waals surface area (Å²) in [5, 5.41) is 2.16. The Hall–Kier alpha value is -1.03. The van der Waals surface area contributed by atoms with Crippen molar-refractivity contribution in [3.63, 3.8) is 0 Å². The number of guanidine groups is 1. The molecule has 1 aromatic heterocycles. The minimum Gasteiger partial charge on any atom is -0.370 e. The van der Waals surface area contributed by atoms with E-state index in [0.29, 0.717) is 12.0 Å². The Morgan fingerprint density at radius 3 is 3.21 bits per heavy atom. The molecule has 0 fully saturated rings. The molecule has 2 N–H and O–H groups in total. The molecule has 76 valence electrons. The molecule has 0 saturated heterocycles. The molecule has 2 heterocycles. The predicted octanol–water partition coefficient (Wildman–Crippen LogP) is 1.61. The number of hydrogen-bond acceptors (Lipinski definition) is 2. The third-order valence-electron chi connectivity index (χ3n) is 2.80. The minimum atomic E-state index is 0.369. The van der Waals surface area contributed by atoms with Crippen molar-refractivity contribution in [2.75, 3.05) is 13.6 Å². The van der Waals surface area contributed by atoms with Crippen LogP contribution < -0.4 is 5.73 Å². The average Bonchev–Trinajstić information content (AvgIpc) is 2.66. The fourth-order valence-corrected chi connectivity index (χ4v) is 2.91. The molecule has 2 rings (SSSR count). The van der Waals surface area contributed by atoms with Crippen LogP contribution in [0.4, 0.5) is 0 Å². The summed E-state index contributed by atoms with van der Waals surface area (Å²) in [5.41, 5.74) is 7.25. The monoisotopic (exact) mass is 209 g/mol. The molecule has 0 aromatic carbocycles. The molecular formula is C10H15N3S. The minimum absolute atomic E-state index is 0.369. The van der Waals surface area contributed by atoms with E-state index >= 15 is 0 Å². The van der Waals surface area contributed by atoms with Gasteiger partial charge in [-0.2, -0.15) is 0 Å². The summed E-state index contributed by atoms with van der Waals surface area (Å²) >= 11 is 1.84. The van der Waals surface area contributed by atoms with Crippen LogP contribution in [0.3, 0.4) is 0 Å². The molecule has 1 aliphatic heterocycles. The van der Waals surface area contributed by atoms with E-state index in [2.05, 4.69) is 28.3 Å². The van der Waals surface area contributed by atoms with Gasteiger partial charge in [0.25, 0.3) is 0 Å². The first-order chi connectivity index (χ1) is 6.74. The van der Waals surface area contributed by atoms with Gasteiger partial charge in [-0.1, -0.05) is 0 Å². The third-order valence-corrected chi connectivity index (χ3v) is 3.80. The fraction of sp³-hybridized carbons (Fsp3) is 0.500. The zero-order chi connectivity index (χ0) is 10.1. The molecule has 1 atom stereocenters. The fourth-order valence-electron chi connectivity index (χ4n) is 1.95. The lowest BCUT2D eigenvalue weighted by atomic mass is 10.0. The summed E-state index contributed by atoms with van der Waals surface area (Å²) in [7, 11) is 1.74. The van der Waals surface area contributed by atoms with Crippen molar-refractivity contribution in [3.8, 4) is 0 Å². The van der Waals surface area contributed by atoms with Gasteiger partial charge in [-0.25, -0.2) is 0 Å². The van der Waals surface area contributed by atoms with E-state index < -0.39 is 0 Å². The van der Waals surface area contributed by atoms with Crippen LogP contribution in [0.25, 0.3) is 0 Å². The Balaban J connectivity index is 2.29. The second-order valence-corrected chi connectivity index (χ2v) is 4.50. The molecular weight excluding hydrogens is 194 g/mol. The number of aliphatic imine (C=N–C) groups is 1. The topological polar surface area (TPSA) is 41.6 Å². The Labute approximate surface area is 88.3 Å². The van der Waals surface area contributed by atoms with Crippen molar-refractivity contribution in [2.24, 2.45) is 10.7 Å². The molecule has 0 spiro atoms. The normalized spacial score (nSPS) is 22.3. The van der Waals surface area contributed by atoms with E-state index in [4.69, 9.17) is 5.73 Å². The molecule has 1 aliphatic rings. The number of nitrogens with two attached hydrogens (primary N) is 1. The summed E-state index contributed by atoms with van der Waals surface area (Å²) < 4.78 is 0. The number of rotatable bonds is 0. The second kappa shape index (κ2) is 3.61. The maximum Gasteiger partial charge on any atom is 0.191 e. The van der Waals surface area contributed by atoms with Gasteiger partial charge in [0.2, 0.25) is 0 Å². The highest BCUT2D eigenvalue weighted by molar-refractivity contribution is 7.10. The summed E-state index contributed by atoms with van der Waals surface area (Å²) in [6.45, 7) is 3.17. The van der Waals surface area contributed by atoms with Crippen molar-refractivity contribution in [2.45, 2.75) is 19.4 Å². The van der Waals surface area contributed by atoms with Crippen LogP contribution in [-0.4, -0.2) is 24.5 Å². The number of hydrogen-bond donors (Lipinski definition) is 1. The molecule has 14 heavy (non-hydrogen) atoms. The Kier molecular flexibility index (Phi) is 2.46. The van der Waals surface area contributed by atoms with Crippen LogP contribution >= 0.6 is 11.3 Å². The SMILES string of the molecule is CN=C(N)N1CCc2sccc2C1C. The zero-order valence-electron chi connectivity index (χ0n) is 8.53. The quantitative estimate of drug-likeness (QED) is 0.521. The first kappa shape index (κ1) is 9.52. The van der Waals surface area contributed by atoms with Crippen LogP contribution in [0.1, 0.15) is 23.4 Å². The van der Waals surface area contributed by atoms with Gasteiger partial charge in [0, 0.05) is 18.5 Å². The van der Waals surface area contributed by atoms with Gasteiger partial charge in [-0.15, -0.1) is 11.3 Å². The zero-order valence-corrected chi connectivity index (χ0v) is 9.34. The van der Waals surface area contributed by atoms with Gasteiger partial charge < -0.3 is 10.6 Å². The van der Waals surface area contributed by atoms with E-state index in [1.165, 1.54) is 10.4 Å². The van der Waals surface area contributed by atoms with Gasteiger partial charge in [0.1, 0.15) is 0 Å². The second-order valence-electron chi connectivity index (χ2n) is 3.50. The molecule has 1 unspecified atom stereocenters. The Bertz CT molecular complexity index is 356. The number of thiophene rings is 1.